The molecule has 0 amide bonds. The van der Waals surface area contributed by atoms with Crippen LogP contribution in [0.25, 0.3) is 11.1 Å². The van der Waals surface area contributed by atoms with Gasteiger partial charge in [-0.1, -0.05) is 30.3 Å². The van der Waals surface area contributed by atoms with Gasteiger partial charge in [0.25, 0.3) is 0 Å². The van der Waals surface area contributed by atoms with Crippen molar-refractivity contribution in [2.24, 2.45) is 0 Å². The SMILES string of the molecule is CC(=CCCOc1ccc(C(=O)Oc2ccc(-c3ccc(C#N)cc3)cc2)cc1)C(=O)O. The molecule has 0 aliphatic rings. The van der Waals surface area contributed by atoms with Crippen LogP contribution in [0.3, 0.4) is 0 Å². The Labute approximate surface area is 186 Å². The Morgan fingerprint density at radius 3 is 2.03 bits per heavy atom. The number of carboxylic acids is 1. The molecule has 0 unspecified atom stereocenters. The summed E-state index contributed by atoms with van der Waals surface area (Å²) >= 11 is 0. The Hall–Kier alpha value is -4.37. The Kier molecular flexibility index (Phi) is 7.39. The minimum absolute atomic E-state index is 0.275. The quantitative estimate of drug-likeness (QED) is 0.228. The van der Waals surface area contributed by atoms with E-state index in [4.69, 9.17) is 19.8 Å². The summed E-state index contributed by atoms with van der Waals surface area (Å²) < 4.78 is 11.0. The largest absolute Gasteiger partial charge is 0.493 e. The lowest BCUT2D eigenvalue weighted by Crippen LogP contribution is -2.08. The standard InChI is InChI=1S/C26H21NO5/c1-18(25(28)29)3-2-16-31-23-12-10-22(11-13-23)26(30)32-24-14-8-21(9-15-24)20-6-4-19(17-27)5-7-20/h3-15H,2,16H2,1H3,(H,28,29). The van der Waals surface area contributed by atoms with E-state index in [1.165, 1.54) is 6.92 Å². The molecule has 3 aromatic rings. The molecule has 0 bridgehead atoms. The molecule has 6 heteroatoms. The van der Waals surface area contributed by atoms with Crippen LogP contribution in [0.4, 0.5) is 0 Å². The molecule has 0 atom stereocenters. The van der Waals surface area contributed by atoms with Crippen molar-refractivity contribution in [2.45, 2.75) is 13.3 Å². The molecule has 0 saturated heterocycles. The molecule has 0 spiro atoms. The third-order valence-electron chi connectivity index (χ3n) is 4.68. The Morgan fingerprint density at radius 1 is 0.906 bits per heavy atom. The Balaban J connectivity index is 1.54. The topological polar surface area (TPSA) is 96.6 Å². The number of ether oxygens (including phenoxy) is 2. The molecule has 160 valence electrons. The highest BCUT2D eigenvalue weighted by Gasteiger charge is 2.09. The van der Waals surface area contributed by atoms with Crippen LogP contribution in [-0.4, -0.2) is 23.7 Å². The van der Waals surface area contributed by atoms with Gasteiger partial charge in [-0.2, -0.15) is 5.26 Å². The zero-order valence-electron chi connectivity index (χ0n) is 17.4. The maximum Gasteiger partial charge on any atom is 0.343 e. The molecule has 6 nitrogen and oxygen atoms in total. The normalized spacial score (nSPS) is 10.8. The van der Waals surface area contributed by atoms with Crippen LogP contribution in [-0.2, 0) is 4.79 Å². The maximum absolute atomic E-state index is 12.4. The average molecular weight is 427 g/mol. The minimum atomic E-state index is -0.947. The second-order valence-corrected chi connectivity index (χ2v) is 6.96. The fourth-order valence-corrected chi connectivity index (χ4v) is 2.85. The second kappa shape index (κ2) is 10.6. The van der Waals surface area contributed by atoms with E-state index in [2.05, 4.69) is 6.07 Å². The summed E-state index contributed by atoms with van der Waals surface area (Å²) in [6.07, 6.45) is 2.07. The van der Waals surface area contributed by atoms with Gasteiger partial charge in [0, 0.05) is 12.0 Å². The van der Waals surface area contributed by atoms with Crippen LogP contribution >= 0.6 is 0 Å². The highest BCUT2D eigenvalue weighted by Crippen LogP contribution is 2.23. The van der Waals surface area contributed by atoms with E-state index >= 15 is 0 Å². The summed E-state index contributed by atoms with van der Waals surface area (Å²) in [5.74, 6) is -0.428. The minimum Gasteiger partial charge on any atom is -0.493 e. The highest BCUT2D eigenvalue weighted by molar-refractivity contribution is 5.91. The number of hydrogen-bond acceptors (Lipinski definition) is 5. The Morgan fingerprint density at radius 2 is 1.47 bits per heavy atom. The van der Waals surface area contributed by atoms with Crippen LogP contribution < -0.4 is 9.47 Å². The van der Waals surface area contributed by atoms with Gasteiger partial charge in [-0.05, 0) is 66.6 Å². The van der Waals surface area contributed by atoms with Crippen LogP contribution in [0.5, 0.6) is 11.5 Å². The van der Waals surface area contributed by atoms with Crippen LogP contribution in [0.2, 0.25) is 0 Å². The van der Waals surface area contributed by atoms with Crippen molar-refractivity contribution in [3.8, 4) is 28.7 Å². The third-order valence-corrected chi connectivity index (χ3v) is 4.68. The van der Waals surface area contributed by atoms with Gasteiger partial charge >= 0.3 is 11.9 Å². The molecular weight excluding hydrogens is 406 g/mol. The van der Waals surface area contributed by atoms with Gasteiger partial charge < -0.3 is 14.6 Å². The molecule has 32 heavy (non-hydrogen) atoms. The molecular formula is C26H21NO5. The maximum atomic E-state index is 12.4. The highest BCUT2D eigenvalue weighted by atomic mass is 16.5. The van der Waals surface area contributed by atoms with E-state index in [-0.39, 0.29) is 5.57 Å². The number of carbonyl (C=O) groups is 2. The number of hydrogen-bond donors (Lipinski definition) is 1. The van der Waals surface area contributed by atoms with E-state index in [1.54, 1.807) is 54.6 Å². The van der Waals surface area contributed by atoms with Crippen molar-refractivity contribution in [1.29, 1.82) is 5.26 Å². The molecule has 0 aliphatic carbocycles. The molecule has 1 N–H and O–H groups in total. The smallest absolute Gasteiger partial charge is 0.343 e. The van der Waals surface area contributed by atoms with Crippen molar-refractivity contribution in [3.63, 3.8) is 0 Å². The van der Waals surface area contributed by atoms with E-state index in [9.17, 15) is 9.59 Å². The number of carbonyl (C=O) groups excluding carboxylic acids is 1. The van der Waals surface area contributed by atoms with Crippen molar-refractivity contribution in [3.05, 3.63) is 95.6 Å². The third kappa shape index (κ3) is 6.07. The summed E-state index contributed by atoms with van der Waals surface area (Å²) in [6, 6.07) is 23.0. The molecule has 0 aliphatic heterocycles. The number of nitrogens with zero attached hydrogens (tertiary/aromatic N) is 1. The summed E-state index contributed by atoms with van der Waals surface area (Å²) in [5.41, 5.74) is 3.17. The zero-order chi connectivity index (χ0) is 22.9. The summed E-state index contributed by atoms with van der Waals surface area (Å²) in [5, 5.41) is 17.7. The second-order valence-electron chi connectivity index (χ2n) is 6.96. The first-order valence-corrected chi connectivity index (χ1v) is 9.92. The van der Waals surface area contributed by atoms with Crippen molar-refractivity contribution >= 4 is 11.9 Å². The number of aliphatic carboxylic acids is 1. The van der Waals surface area contributed by atoms with Gasteiger partial charge in [-0.3, -0.25) is 0 Å². The first-order valence-electron chi connectivity index (χ1n) is 9.92. The number of carboxylic acid groups (broad SMARTS) is 1. The van der Waals surface area contributed by atoms with Gasteiger partial charge in [-0.25, -0.2) is 9.59 Å². The van der Waals surface area contributed by atoms with Gasteiger partial charge in [0.15, 0.2) is 0 Å². The summed E-state index contributed by atoms with van der Waals surface area (Å²) in [4.78, 5) is 23.1. The number of nitriles is 1. The van der Waals surface area contributed by atoms with Crippen molar-refractivity contribution < 1.29 is 24.2 Å². The van der Waals surface area contributed by atoms with E-state index in [1.807, 2.05) is 24.3 Å². The van der Waals surface area contributed by atoms with Crippen LogP contribution in [0.1, 0.15) is 29.3 Å². The number of benzene rings is 3. The lowest BCUT2D eigenvalue weighted by Gasteiger charge is -2.08. The number of rotatable bonds is 8. The monoisotopic (exact) mass is 427 g/mol. The molecule has 0 radical (unpaired) electrons. The average Bonchev–Trinajstić information content (AvgIpc) is 2.82. The van der Waals surface area contributed by atoms with Gasteiger partial charge in [0.05, 0.1) is 23.8 Å². The molecule has 3 aromatic carbocycles. The molecule has 0 aromatic heterocycles. The molecule has 0 saturated carbocycles. The predicted octanol–water partition coefficient (Wildman–Crippen LogP) is 5.24. The lowest BCUT2D eigenvalue weighted by molar-refractivity contribution is -0.132. The van der Waals surface area contributed by atoms with E-state index < -0.39 is 11.9 Å². The first kappa shape index (κ1) is 22.3. The van der Waals surface area contributed by atoms with E-state index in [0.29, 0.717) is 35.7 Å². The fourth-order valence-electron chi connectivity index (χ4n) is 2.85. The lowest BCUT2D eigenvalue weighted by atomic mass is 10.0. The fraction of sp³-hybridized carbons (Fsp3) is 0.115. The van der Waals surface area contributed by atoms with Crippen molar-refractivity contribution in [1.82, 2.24) is 0 Å². The van der Waals surface area contributed by atoms with E-state index in [0.717, 1.165) is 11.1 Å². The van der Waals surface area contributed by atoms with Gasteiger partial charge in [-0.15, -0.1) is 0 Å². The summed E-state index contributed by atoms with van der Waals surface area (Å²) in [7, 11) is 0. The van der Waals surface area contributed by atoms with Crippen molar-refractivity contribution in [2.75, 3.05) is 6.61 Å². The predicted molar refractivity (Wildman–Crippen MR) is 119 cm³/mol. The molecule has 3 rings (SSSR count). The van der Waals surface area contributed by atoms with Crippen LogP contribution in [0.15, 0.2) is 84.4 Å². The van der Waals surface area contributed by atoms with Gasteiger partial charge in [0.2, 0.25) is 0 Å². The van der Waals surface area contributed by atoms with Crippen LogP contribution in [0, 0.1) is 11.3 Å². The van der Waals surface area contributed by atoms with Gasteiger partial charge in [0.1, 0.15) is 11.5 Å². The zero-order valence-corrected chi connectivity index (χ0v) is 17.4. The molecule has 0 fully saturated rings. The molecule has 0 heterocycles. The Bertz CT molecular complexity index is 1150. The number of esters is 1. The summed E-state index contributed by atoms with van der Waals surface area (Å²) in [6.45, 7) is 1.86. The first-order chi connectivity index (χ1) is 15.5.